The zero-order valence-corrected chi connectivity index (χ0v) is 24.0. The van der Waals surface area contributed by atoms with Crippen LogP contribution in [0.5, 0.6) is 5.75 Å². The van der Waals surface area contributed by atoms with Gasteiger partial charge in [0.15, 0.2) is 0 Å². The van der Waals surface area contributed by atoms with Crippen molar-refractivity contribution in [1.82, 2.24) is 0 Å². The molecule has 0 aliphatic carbocycles. The van der Waals surface area contributed by atoms with Crippen LogP contribution in [0.25, 0.3) is 11.1 Å². The summed E-state index contributed by atoms with van der Waals surface area (Å²) in [6.45, 7) is 13.2. The van der Waals surface area contributed by atoms with Crippen molar-refractivity contribution in [3.63, 3.8) is 0 Å². The van der Waals surface area contributed by atoms with Crippen molar-refractivity contribution in [3.05, 3.63) is 88.5 Å². The van der Waals surface area contributed by atoms with Gasteiger partial charge in [-0.2, -0.15) is 0 Å². The summed E-state index contributed by atoms with van der Waals surface area (Å²) >= 11 is 0. The highest BCUT2D eigenvalue weighted by Gasteiger charge is 2.37. The van der Waals surface area contributed by atoms with E-state index in [1.165, 1.54) is 5.56 Å². The summed E-state index contributed by atoms with van der Waals surface area (Å²) in [5, 5.41) is 0. The molecule has 37 heavy (non-hydrogen) atoms. The second-order valence-corrected chi connectivity index (χ2v) is 12.4. The Kier molecular flexibility index (Phi) is 6.74. The summed E-state index contributed by atoms with van der Waals surface area (Å²) in [7, 11) is 8.12. The highest BCUT2D eigenvalue weighted by molar-refractivity contribution is 6.30. The van der Waals surface area contributed by atoms with Crippen LogP contribution < -0.4 is 14.5 Å². The van der Waals surface area contributed by atoms with Gasteiger partial charge in [-0.15, -0.1) is 0 Å². The summed E-state index contributed by atoms with van der Waals surface area (Å²) in [5.74, 6) is 0.391. The summed E-state index contributed by atoms with van der Waals surface area (Å²) in [6.07, 6.45) is 0. The molecule has 194 valence electrons. The highest BCUT2D eigenvalue weighted by atomic mass is 16.5. The van der Waals surface area contributed by atoms with Crippen LogP contribution >= 0.6 is 0 Å². The number of benzene rings is 3. The standard InChI is InChI=1S/C33H40N2O2/c1-32(2,3)23-19-26-29(31(36)37-30(26)27(20-23)33(4,5)6)28(21-11-15-24(16-12-21)34(7)8)22-13-17-25(18-14-22)35(9)10/h11-20H,1-10H3. The molecule has 0 fully saturated rings. The van der Waals surface area contributed by atoms with Crippen LogP contribution in [0, 0.1) is 0 Å². The summed E-state index contributed by atoms with van der Waals surface area (Å²) in [4.78, 5) is 17.9. The molecule has 0 saturated heterocycles. The van der Waals surface area contributed by atoms with Crippen molar-refractivity contribution in [2.75, 3.05) is 38.0 Å². The molecule has 0 saturated carbocycles. The van der Waals surface area contributed by atoms with Crippen LogP contribution in [0.3, 0.4) is 0 Å². The molecule has 0 unspecified atom stereocenters. The molecule has 1 aliphatic rings. The molecule has 0 amide bonds. The first-order chi connectivity index (χ1) is 17.2. The third-order valence-electron chi connectivity index (χ3n) is 7.03. The third-order valence-corrected chi connectivity index (χ3v) is 7.03. The Morgan fingerprint density at radius 3 is 1.51 bits per heavy atom. The van der Waals surface area contributed by atoms with E-state index >= 15 is 0 Å². The van der Waals surface area contributed by atoms with Crippen molar-refractivity contribution in [3.8, 4) is 5.75 Å². The van der Waals surface area contributed by atoms with Gasteiger partial charge in [-0.25, -0.2) is 4.79 Å². The molecule has 1 heterocycles. The maximum absolute atomic E-state index is 13.7. The van der Waals surface area contributed by atoms with E-state index in [2.05, 4.69) is 112 Å². The Morgan fingerprint density at radius 1 is 0.676 bits per heavy atom. The van der Waals surface area contributed by atoms with Gasteiger partial charge in [0.25, 0.3) is 0 Å². The Hall–Kier alpha value is -3.53. The largest absolute Gasteiger partial charge is 0.422 e. The molecular weight excluding hydrogens is 456 g/mol. The first-order valence-corrected chi connectivity index (χ1v) is 12.9. The van der Waals surface area contributed by atoms with Gasteiger partial charge < -0.3 is 14.5 Å². The number of ether oxygens (including phenoxy) is 1. The Balaban J connectivity index is 2.07. The van der Waals surface area contributed by atoms with Crippen molar-refractivity contribution in [1.29, 1.82) is 0 Å². The number of rotatable bonds is 4. The topological polar surface area (TPSA) is 32.8 Å². The second kappa shape index (κ2) is 9.41. The van der Waals surface area contributed by atoms with Crippen molar-refractivity contribution < 1.29 is 9.53 Å². The Labute approximate surface area is 222 Å². The van der Waals surface area contributed by atoms with Crippen LogP contribution in [0.15, 0.2) is 60.7 Å². The number of carbonyl (C=O) groups is 1. The summed E-state index contributed by atoms with van der Waals surface area (Å²) < 4.78 is 6.08. The third kappa shape index (κ3) is 5.16. The second-order valence-electron chi connectivity index (χ2n) is 12.4. The molecule has 3 aromatic rings. The van der Waals surface area contributed by atoms with Gasteiger partial charge in [-0.3, -0.25) is 0 Å². The molecule has 0 bridgehead atoms. The summed E-state index contributed by atoms with van der Waals surface area (Å²) in [6, 6.07) is 21.1. The number of fused-ring (bicyclic) bond motifs is 1. The fraction of sp³-hybridized carbons (Fsp3) is 0.364. The minimum Gasteiger partial charge on any atom is -0.422 e. The fourth-order valence-electron chi connectivity index (χ4n) is 4.71. The smallest absolute Gasteiger partial charge is 0.344 e. The quantitative estimate of drug-likeness (QED) is 0.216. The van der Waals surface area contributed by atoms with Gasteiger partial charge in [-0.05, 0) is 57.9 Å². The van der Waals surface area contributed by atoms with Crippen molar-refractivity contribution in [2.24, 2.45) is 0 Å². The number of hydrogen-bond donors (Lipinski definition) is 0. The first-order valence-electron chi connectivity index (χ1n) is 12.9. The normalized spacial score (nSPS) is 13.4. The van der Waals surface area contributed by atoms with Gasteiger partial charge in [0.1, 0.15) is 5.75 Å². The lowest BCUT2D eigenvalue weighted by molar-refractivity contribution is -0.127. The van der Waals surface area contributed by atoms with E-state index in [0.717, 1.165) is 39.2 Å². The molecular formula is C33H40N2O2. The first kappa shape index (κ1) is 26.5. The van der Waals surface area contributed by atoms with Gasteiger partial charge in [0.05, 0.1) is 5.57 Å². The van der Waals surface area contributed by atoms with E-state index in [1.807, 2.05) is 28.2 Å². The fourth-order valence-corrected chi connectivity index (χ4v) is 4.71. The van der Waals surface area contributed by atoms with Crippen molar-refractivity contribution >= 4 is 28.5 Å². The number of nitrogens with zero attached hydrogens (tertiary/aromatic N) is 2. The lowest BCUT2D eigenvalue weighted by atomic mass is 9.78. The molecule has 0 spiro atoms. The lowest BCUT2D eigenvalue weighted by Gasteiger charge is -2.26. The molecule has 0 radical (unpaired) electrons. The Morgan fingerprint density at radius 2 is 1.14 bits per heavy atom. The molecule has 0 atom stereocenters. The predicted molar refractivity (Wildman–Crippen MR) is 157 cm³/mol. The van der Waals surface area contributed by atoms with Gasteiger partial charge >= 0.3 is 5.97 Å². The number of carbonyl (C=O) groups excluding carboxylic acids is 1. The average Bonchev–Trinajstić information content (AvgIpc) is 3.13. The zero-order valence-electron chi connectivity index (χ0n) is 24.0. The predicted octanol–water partition coefficient (Wildman–Crippen LogP) is 7.29. The maximum Gasteiger partial charge on any atom is 0.344 e. The van der Waals surface area contributed by atoms with E-state index in [1.54, 1.807) is 0 Å². The molecule has 0 aromatic heterocycles. The molecule has 4 rings (SSSR count). The van der Waals surface area contributed by atoms with E-state index in [-0.39, 0.29) is 16.8 Å². The summed E-state index contributed by atoms with van der Waals surface area (Å²) in [5.41, 5.74) is 8.58. The van der Waals surface area contributed by atoms with Crippen LogP contribution in [0.4, 0.5) is 11.4 Å². The highest BCUT2D eigenvalue weighted by Crippen LogP contribution is 2.48. The van der Waals surface area contributed by atoms with Crippen molar-refractivity contribution in [2.45, 2.75) is 52.4 Å². The molecule has 4 heteroatoms. The minimum atomic E-state index is -0.296. The molecule has 1 aliphatic heterocycles. The van der Waals surface area contributed by atoms with E-state index in [0.29, 0.717) is 11.3 Å². The number of hydrogen-bond acceptors (Lipinski definition) is 4. The van der Waals surface area contributed by atoms with Crippen LogP contribution in [-0.4, -0.2) is 34.2 Å². The SMILES string of the molecule is CN(C)c1ccc(C(=C2C(=O)Oc3c2cc(C(C)(C)C)cc3C(C)(C)C)c2ccc(N(C)C)cc2)cc1. The lowest BCUT2D eigenvalue weighted by Crippen LogP contribution is -2.17. The van der Waals surface area contributed by atoms with Crippen LogP contribution in [0.2, 0.25) is 0 Å². The minimum absolute atomic E-state index is 0.0767. The Bertz CT molecular complexity index is 1290. The monoisotopic (exact) mass is 496 g/mol. The van der Waals surface area contributed by atoms with Crippen LogP contribution in [-0.2, 0) is 15.6 Å². The average molecular weight is 497 g/mol. The maximum atomic E-state index is 13.7. The molecule has 0 N–H and O–H groups in total. The van der Waals surface area contributed by atoms with E-state index in [4.69, 9.17) is 4.74 Å². The number of anilines is 2. The van der Waals surface area contributed by atoms with Crippen LogP contribution in [0.1, 0.15) is 69.4 Å². The number of esters is 1. The molecule has 3 aromatic carbocycles. The van der Waals surface area contributed by atoms with E-state index in [9.17, 15) is 4.79 Å². The van der Waals surface area contributed by atoms with E-state index < -0.39 is 0 Å². The van der Waals surface area contributed by atoms with Gasteiger partial charge in [0.2, 0.25) is 0 Å². The van der Waals surface area contributed by atoms with Gasteiger partial charge in [-0.1, -0.05) is 71.9 Å². The zero-order chi connectivity index (χ0) is 27.3. The van der Waals surface area contributed by atoms with Gasteiger partial charge in [0, 0.05) is 56.3 Å². The molecule has 4 nitrogen and oxygen atoms in total.